The number of benzene rings is 3. The van der Waals surface area contributed by atoms with Gasteiger partial charge in [-0.3, -0.25) is 67.1 Å². The molecule has 9 atom stereocenters. The minimum Gasteiger partial charge on any atom is -0.359 e. The van der Waals surface area contributed by atoms with Crippen molar-refractivity contribution in [2.45, 2.75) is 107 Å². The first kappa shape index (κ1) is 103. The maximum Gasteiger partial charge on any atom is 0.434 e. The molecule has 0 bridgehead atoms. The van der Waals surface area contributed by atoms with Crippen molar-refractivity contribution in [2.24, 2.45) is 14.1 Å². The largest absolute Gasteiger partial charge is 0.434 e. The van der Waals surface area contributed by atoms with E-state index in [-0.39, 0.29) is 130 Å². The Kier molecular flexibility index (Phi) is 33.7. The molecular formula is C93H114Br4N23O19+. The van der Waals surface area contributed by atoms with Gasteiger partial charge < -0.3 is 91.8 Å². The average molecular weight is 2180 g/mol. The maximum absolute atomic E-state index is 13.2. The van der Waals surface area contributed by atoms with E-state index in [0.29, 0.717) is 110 Å². The number of ether oxygens (including phenoxy) is 4. The molecule has 46 heteroatoms. The number of rotatable bonds is 28. The molecule has 0 spiro atoms. The van der Waals surface area contributed by atoms with Gasteiger partial charge in [-0.2, -0.15) is 15.1 Å². The van der Waals surface area contributed by atoms with Gasteiger partial charge in [0.2, 0.25) is 0 Å². The standard InChI is InChI=1S/C23H28BrN5O5.C23H29N5O5.C22H26BrN5O4.C13H15BrN4O3.C12H11BrN4O2.2H2/c1-25-14-26(12-16-7-5-4-6-8-16)15-27(23(25)32)13-17(30)11-19-22(33-2)29(34-3)21(31)18-9-10-20(24)28(18)19;1-24-15-25(13-17-8-5-4-6-9-17)16-26(23(24)31)14-18(29)12-20-22(32-2)28(33-3)21(30)19-10-7-11-27(19)20;1-25-13-26(11-15-6-4-3-5-7-15)14-27(22(25)31)12-16(29)10-18-21(32-2)24-20(30)17-8-9-19(23)28(17)18;1-17-7(6-15-13(17)20)5-9-12(21-2)16-11(19)8-3-4-10(14)18(8)9;1-16-7(5-15-12(16)19)4-8-6-14-11(18)9-2-3-10(13)17(8)9;;/h4-10,19,22H,11-15H2,1-3H3;4-11,20,22H,12-16H2,1-3H3;3-9,18,21H,10-14H2,1-2H3,(H,24,30);3-4,6,9,12H,5H2,1-2H3,(H,15,20)(H,16,19);2-3,5-6,8H,4H2,1H3,(H,15,19);2*1H/p+1/t19-,22-;20-,22-;18-,21-;9-,12-;8-;;/m11111../s1/i;;;;;2*1+1. The van der Waals surface area contributed by atoms with E-state index >= 15 is 0 Å². The fraction of sp³-hybridized carbons (Fsp3) is 0.398. The van der Waals surface area contributed by atoms with Gasteiger partial charge in [0.15, 0.2) is 54.2 Å². The molecule has 18 rings (SSSR count). The number of methoxy groups -OCH3 is 4. The SMILES string of the molecule is CO[C@@H]1[C@@H](CC(=O)CN2CN(Cc3ccccc3)CN(C)C2=O)n2c(Br)ccc2C(=O)N1OC.CO[C@@H]1[C@@H](CC(=O)CN2CN(Cc3ccccc3)CN(C)C2=O)n2cccc2C(=O)N1OC.CO[C@H]1NC(=O)c2ccc(Br)n2[C@@H]1CC(=O)CN1CN(Cc2ccccc2)CN(C)C1=O.CO[C@H]1NC(=O)c2ccc(Br)n2[C@@H]1Cc1c[nH]c(=O)n1C.Cn1c(C[C@@H]2C=[NH+]C(=O)c3ccc(Br)n32)c[nH]c1=O.[2HH].[2HH]. The molecule has 742 valence electrons. The Morgan fingerprint density at radius 3 is 1.17 bits per heavy atom. The van der Waals surface area contributed by atoms with Crippen LogP contribution in [0.2, 0.25) is 0 Å². The van der Waals surface area contributed by atoms with Crippen LogP contribution in [0.15, 0.2) is 198 Å². The molecule has 8 aliphatic heterocycles. The van der Waals surface area contributed by atoms with Crippen LogP contribution in [0.1, 0.15) is 133 Å². The summed E-state index contributed by atoms with van der Waals surface area (Å²) in [5.74, 6) is -1.62. The van der Waals surface area contributed by atoms with Crippen LogP contribution in [0.25, 0.3) is 0 Å². The van der Waals surface area contributed by atoms with Crippen molar-refractivity contribution >= 4 is 135 Å². The second kappa shape index (κ2) is 45.7. The maximum atomic E-state index is 13.2. The number of hydrogen-bond acceptors (Lipinski definition) is 22. The van der Waals surface area contributed by atoms with E-state index in [1.807, 2.05) is 112 Å². The summed E-state index contributed by atoms with van der Waals surface area (Å²) in [6.07, 6.45) is 5.64. The Balaban J connectivity index is 0.000000159. The summed E-state index contributed by atoms with van der Waals surface area (Å²) in [6.45, 7) is 4.50. The number of hydrogen-bond donors (Lipinski definition) is 5. The van der Waals surface area contributed by atoms with Gasteiger partial charge in [-0.15, -0.1) is 0 Å². The molecule has 42 nitrogen and oxygen atoms in total. The van der Waals surface area contributed by atoms with Crippen LogP contribution in [-0.4, -0.2) is 316 Å². The Labute approximate surface area is 836 Å². The fourth-order valence-corrected chi connectivity index (χ4v) is 20.8. The number of aromatic amines is 2. The van der Waals surface area contributed by atoms with Crippen molar-refractivity contribution < 1.29 is 89.2 Å². The lowest BCUT2D eigenvalue weighted by Crippen LogP contribution is -2.77. The number of nitrogens with zero attached hydrogens (tertiary/aromatic N) is 18. The van der Waals surface area contributed by atoms with Crippen LogP contribution < -0.4 is 27.0 Å². The molecule has 5 N–H and O–H groups in total. The highest BCUT2D eigenvalue weighted by Crippen LogP contribution is 2.38. The summed E-state index contributed by atoms with van der Waals surface area (Å²) in [6, 6.07) is 45.4. The fourth-order valence-electron chi connectivity index (χ4n) is 18.4. The zero-order valence-electron chi connectivity index (χ0n) is 78.3. The minimum absolute atomic E-state index is 0. The molecule has 3 saturated heterocycles. The van der Waals surface area contributed by atoms with Gasteiger partial charge in [0.05, 0.1) is 116 Å². The highest BCUT2D eigenvalue weighted by atomic mass is 79.9. The molecule has 0 aliphatic carbocycles. The second-order valence-electron chi connectivity index (χ2n) is 34.3. The van der Waals surface area contributed by atoms with Crippen LogP contribution in [0.5, 0.6) is 0 Å². The normalized spacial score (nSPS) is 20.9. The molecule has 3 aromatic carbocycles. The summed E-state index contributed by atoms with van der Waals surface area (Å²) in [5.41, 5.74) is 7.31. The summed E-state index contributed by atoms with van der Waals surface area (Å²) >= 11 is 13.8. The van der Waals surface area contributed by atoms with E-state index < -0.39 is 43.0 Å². The third kappa shape index (κ3) is 23.1. The number of H-pyrrole nitrogens is 2. The predicted octanol–water partition coefficient (Wildman–Crippen LogP) is 7.17. The first-order valence-electron chi connectivity index (χ1n) is 44.3. The van der Waals surface area contributed by atoms with Crippen molar-refractivity contribution in [2.75, 3.05) is 123 Å². The van der Waals surface area contributed by atoms with E-state index in [2.05, 4.69) is 104 Å². The summed E-state index contributed by atoms with van der Waals surface area (Å²) in [7, 11) is 17.4. The van der Waals surface area contributed by atoms with Gasteiger partial charge in [0.1, 0.15) is 28.8 Å². The Bertz CT molecular complexity index is 6300. The molecule has 0 saturated carbocycles. The zero-order chi connectivity index (χ0) is 99.5. The number of imidazole rings is 2. The molecule has 7 aromatic heterocycles. The number of aromatic nitrogens is 9. The van der Waals surface area contributed by atoms with Gasteiger partial charge in [-0.25, -0.2) is 28.8 Å². The Morgan fingerprint density at radius 2 is 0.763 bits per heavy atom. The molecule has 3 fully saturated rings. The quantitative estimate of drug-likeness (QED) is 0.0324. The molecule has 8 aliphatic rings. The topological polar surface area (TPSA) is 417 Å². The number of halogens is 4. The molecule has 0 unspecified atom stereocenters. The average Bonchev–Trinajstić information content (AvgIpc) is 1.62. The third-order valence-electron chi connectivity index (χ3n) is 25.0. The molecule has 10 aromatic rings. The summed E-state index contributed by atoms with van der Waals surface area (Å²) in [4.78, 5) is 196. The van der Waals surface area contributed by atoms with E-state index in [1.165, 1.54) is 35.5 Å². The van der Waals surface area contributed by atoms with Crippen LogP contribution in [0.4, 0.5) is 14.4 Å². The van der Waals surface area contributed by atoms with Crippen LogP contribution in [0.3, 0.4) is 0 Å². The molecule has 11 amide bonds. The van der Waals surface area contributed by atoms with Crippen molar-refractivity contribution in [3.8, 4) is 0 Å². The molecule has 15 heterocycles. The minimum atomic E-state index is -0.799. The van der Waals surface area contributed by atoms with Crippen molar-refractivity contribution in [1.29, 1.82) is 0 Å². The lowest BCUT2D eigenvalue weighted by atomic mass is 10.0. The predicted molar refractivity (Wildman–Crippen MR) is 521 cm³/mol. The van der Waals surface area contributed by atoms with E-state index in [9.17, 15) is 62.3 Å². The van der Waals surface area contributed by atoms with E-state index in [0.717, 1.165) is 47.4 Å². The second-order valence-corrected chi connectivity index (χ2v) is 37.6. The molecule has 139 heavy (non-hydrogen) atoms. The highest BCUT2D eigenvalue weighted by Gasteiger charge is 2.47. The smallest absolute Gasteiger partial charge is 0.359 e. The van der Waals surface area contributed by atoms with Gasteiger partial charge in [-0.05, 0) is 141 Å². The van der Waals surface area contributed by atoms with Gasteiger partial charge in [-0.1, -0.05) is 91.0 Å². The first-order chi connectivity index (χ1) is 66.7. The number of carbonyl (C=O) groups excluding carboxylic acids is 11. The lowest BCUT2D eigenvalue weighted by Gasteiger charge is -2.41. The zero-order valence-corrected chi connectivity index (χ0v) is 84.6. The van der Waals surface area contributed by atoms with Gasteiger partial charge in [0.25, 0.3) is 23.6 Å². The summed E-state index contributed by atoms with van der Waals surface area (Å²) in [5, 5.41) is 7.91. The Hall–Kier alpha value is -12.3. The Morgan fingerprint density at radius 1 is 0.396 bits per heavy atom. The number of hydroxylamine groups is 4. The van der Waals surface area contributed by atoms with Crippen LogP contribution in [0, 0.1) is 0 Å². The van der Waals surface area contributed by atoms with Crippen molar-refractivity contribution in [1.82, 2.24) is 107 Å². The van der Waals surface area contributed by atoms with E-state index in [1.54, 1.807) is 168 Å². The number of nitrogens with one attached hydrogen (secondary N) is 5. The number of ketones is 3. The number of Topliss-reactive ketones (excluding diaryl/α,β-unsaturated/α-hetero) is 3. The van der Waals surface area contributed by atoms with Crippen molar-refractivity contribution in [3.05, 3.63) is 266 Å². The third-order valence-corrected chi connectivity index (χ3v) is 27.5. The van der Waals surface area contributed by atoms with Crippen molar-refractivity contribution in [3.63, 3.8) is 0 Å². The van der Waals surface area contributed by atoms with E-state index in [4.69, 9.17) is 28.6 Å². The summed E-state index contributed by atoms with van der Waals surface area (Å²) < 4.78 is 37.1. The van der Waals surface area contributed by atoms with Crippen LogP contribution in [-0.2, 0) is 89.6 Å². The first-order valence-corrected chi connectivity index (χ1v) is 47.5. The van der Waals surface area contributed by atoms with Gasteiger partial charge >= 0.3 is 35.4 Å². The number of amides is 11. The van der Waals surface area contributed by atoms with Gasteiger partial charge in [0, 0.05) is 148 Å². The number of carbonyl (C=O) groups is 11. The molecular weight excluding hydrogens is 2060 g/mol. The van der Waals surface area contributed by atoms with Crippen LogP contribution >= 0.6 is 63.7 Å². The highest BCUT2D eigenvalue weighted by molar-refractivity contribution is 9.11. The molecule has 0 radical (unpaired) electrons. The monoisotopic (exact) mass is 2170 g/mol. The lowest BCUT2D eigenvalue weighted by molar-refractivity contribution is -0.345. The number of fused-ring (bicyclic) bond motifs is 5. The number of urea groups is 3.